The summed E-state index contributed by atoms with van der Waals surface area (Å²) in [6, 6.07) is 0. The zero-order valence-electron chi connectivity index (χ0n) is 10.8. The first-order chi connectivity index (χ1) is 7.91. The first-order valence-electron chi connectivity index (χ1n) is 6.77. The van der Waals surface area contributed by atoms with Crippen molar-refractivity contribution >= 4 is 0 Å². The largest absolute Gasteiger partial charge is 0.0885 e. The molecule has 0 aliphatic carbocycles. The van der Waals surface area contributed by atoms with E-state index < -0.39 is 0 Å². The molecule has 0 N–H and O–H groups in total. The van der Waals surface area contributed by atoms with Gasteiger partial charge in [-0.2, -0.15) is 0 Å². The van der Waals surface area contributed by atoms with E-state index in [1.54, 1.807) is 6.08 Å². The highest BCUT2D eigenvalue weighted by molar-refractivity contribution is 4.95. The van der Waals surface area contributed by atoms with E-state index in [0.717, 1.165) is 6.42 Å². The predicted molar refractivity (Wildman–Crippen MR) is 74.4 cm³/mol. The van der Waals surface area contributed by atoms with Crippen LogP contribution in [0.1, 0.15) is 64.7 Å². The number of rotatable bonds is 11. The summed E-state index contributed by atoms with van der Waals surface area (Å²) in [6.45, 7) is 7.49. The summed E-state index contributed by atoms with van der Waals surface area (Å²) in [5.74, 6) is 0. The summed E-state index contributed by atoms with van der Waals surface area (Å²) in [5.41, 5.74) is 0. The second-order valence-electron chi connectivity index (χ2n) is 4.23. The summed E-state index contributed by atoms with van der Waals surface area (Å²) in [6.07, 6.45) is 22.0. The van der Waals surface area contributed by atoms with Gasteiger partial charge in [0.15, 0.2) is 0 Å². The standard InChI is InChI=1S/C16H27/c1-3-5-7-9-11-13-15-16-14-12-10-8-6-4-2/h1,3,5,7,12,14H,4,6,8-11,13,15-16H2,2H3. The lowest BCUT2D eigenvalue weighted by Crippen LogP contribution is -1.75. The highest BCUT2D eigenvalue weighted by Crippen LogP contribution is 2.06. The molecule has 0 fully saturated rings. The van der Waals surface area contributed by atoms with Crippen molar-refractivity contribution < 1.29 is 0 Å². The van der Waals surface area contributed by atoms with E-state index in [-0.39, 0.29) is 0 Å². The Morgan fingerprint density at radius 3 is 1.88 bits per heavy atom. The zero-order valence-corrected chi connectivity index (χ0v) is 10.8. The quantitative estimate of drug-likeness (QED) is 0.240. The minimum absolute atomic E-state index is 1.16. The molecule has 0 aromatic rings. The lowest BCUT2D eigenvalue weighted by atomic mass is 10.1. The van der Waals surface area contributed by atoms with Gasteiger partial charge in [-0.05, 0) is 38.5 Å². The van der Waals surface area contributed by atoms with Crippen LogP contribution in [0.3, 0.4) is 0 Å². The highest BCUT2D eigenvalue weighted by atomic mass is 13.9. The number of allylic oxidation sites excluding steroid dienone is 5. The molecule has 0 nitrogen and oxygen atoms in total. The Bertz CT molecular complexity index is 186. The second kappa shape index (κ2) is 14.2. The molecule has 0 saturated carbocycles. The number of hydrogen-bond donors (Lipinski definition) is 0. The Morgan fingerprint density at radius 1 is 0.750 bits per heavy atom. The molecule has 0 bridgehead atoms. The molecular formula is C16H27. The average molecular weight is 219 g/mol. The van der Waals surface area contributed by atoms with Gasteiger partial charge in [0.05, 0.1) is 0 Å². The van der Waals surface area contributed by atoms with Gasteiger partial charge in [0, 0.05) is 0 Å². The number of hydrogen-bond acceptors (Lipinski definition) is 0. The molecule has 0 rings (SSSR count). The maximum absolute atomic E-state index is 5.24. The molecule has 0 spiro atoms. The van der Waals surface area contributed by atoms with Crippen LogP contribution >= 0.6 is 0 Å². The van der Waals surface area contributed by atoms with Crippen molar-refractivity contribution in [2.45, 2.75) is 64.7 Å². The topological polar surface area (TPSA) is 0 Å². The van der Waals surface area contributed by atoms with Crippen LogP contribution in [0.5, 0.6) is 0 Å². The molecule has 16 heavy (non-hydrogen) atoms. The van der Waals surface area contributed by atoms with Gasteiger partial charge in [-0.25, -0.2) is 0 Å². The van der Waals surface area contributed by atoms with Crippen molar-refractivity contribution in [3.8, 4) is 0 Å². The molecule has 0 heteroatoms. The molecule has 0 heterocycles. The van der Waals surface area contributed by atoms with E-state index in [1.165, 1.54) is 51.4 Å². The fraction of sp³-hybridized carbons (Fsp3) is 0.625. The van der Waals surface area contributed by atoms with Crippen LogP contribution in [0.25, 0.3) is 0 Å². The van der Waals surface area contributed by atoms with Crippen molar-refractivity contribution in [1.82, 2.24) is 0 Å². The molecule has 0 aromatic heterocycles. The van der Waals surface area contributed by atoms with Crippen molar-refractivity contribution in [3.63, 3.8) is 0 Å². The van der Waals surface area contributed by atoms with Crippen LogP contribution in [0.4, 0.5) is 0 Å². The fourth-order valence-corrected chi connectivity index (χ4v) is 1.62. The summed E-state index contributed by atoms with van der Waals surface area (Å²) >= 11 is 0. The third-order valence-electron chi connectivity index (χ3n) is 2.63. The Kier molecular flexibility index (Phi) is 13.5. The van der Waals surface area contributed by atoms with Gasteiger partial charge in [0.25, 0.3) is 0 Å². The molecular weight excluding hydrogens is 192 g/mol. The summed E-state index contributed by atoms with van der Waals surface area (Å²) in [5, 5.41) is 0. The second-order valence-corrected chi connectivity index (χ2v) is 4.23. The molecule has 0 atom stereocenters. The van der Waals surface area contributed by atoms with Gasteiger partial charge < -0.3 is 0 Å². The van der Waals surface area contributed by atoms with Crippen LogP contribution in [0.2, 0.25) is 0 Å². The van der Waals surface area contributed by atoms with Crippen LogP contribution in [-0.2, 0) is 0 Å². The van der Waals surface area contributed by atoms with E-state index in [4.69, 9.17) is 6.58 Å². The smallest absolute Gasteiger partial charge is 0.0348 e. The molecule has 1 radical (unpaired) electrons. The lowest BCUT2D eigenvalue weighted by molar-refractivity contribution is 0.692. The van der Waals surface area contributed by atoms with Gasteiger partial charge in [-0.15, -0.1) is 0 Å². The van der Waals surface area contributed by atoms with Crippen molar-refractivity contribution in [2.75, 3.05) is 0 Å². The Hall–Kier alpha value is -0.780. The zero-order chi connectivity index (χ0) is 11.9. The van der Waals surface area contributed by atoms with Gasteiger partial charge in [0.1, 0.15) is 0 Å². The Labute approximate surface area is 102 Å². The maximum Gasteiger partial charge on any atom is -0.0348 e. The van der Waals surface area contributed by atoms with E-state index in [0.29, 0.717) is 0 Å². The van der Waals surface area contributed by atoms with E-state index >= 15 is 0 Å². The maximum atomic E-state index is 5.24. The van der Waals surface area contributed by atoms with E-state index in [2.05, 4.69) is 25.2 Å². The Morgan fingerprint density at radius 2 is 1.31 bits per heavy atom. The summed E-state index contributed by atoms with van der Waals surface area (Å²) in [4.78, 5) is 0. The summed E-state index contributed by atoms with van der Waals surface area (Å²) < 4.78 is 0. The molecule has 0 saturated heterocycles. The highest BCUT2D eigenvalue weighted by Gasteiger charge is 1.86. The molecule has 0 amide bonds. The van der Waals surface area contributed by atoms with Crippen LogP contribution in [-0.4, -0.2) is 0 Å². The lowest BCUT2D eigenvalue weighted by Gasteiger charge is -1.95. The van der Waals surface area contributed by atoms with Crippen molar-refractivity contribution in [2.24, 2.45) is 0 Å². The first kappa shape index (κ1) is 15.2. The predicted octanol–water partition coefficient (Wildman–Crippen LogP) is 5.62. The van der Waals surface area contributed by atoms with E-state index in [1.807, 2.05) is 6.08 Å². The van der Waals surface area contributed by atoms with Crippen molar-refractivity contribution in [3.05, 3.63) is 37.0 Å². The third-order valence-corrected chi connectivity index (χ3v) is 2.63. The SMILES string of the molecule is [CH]=CC=CCCCCCC=CCCCCC. The molecule has 0 aliphatic heterocycles. The van der Waals surface area contributed by atoms with Crippen LogP contribution < -0.4 is 0 Å². The molecule has 0 aliphatic rings. The minimum Gasteiger partial charge on any atom is -0.0885 e. The summed E-state index contributed by atoms with van der Waals surface area (Å²) in [7, 11) is 0. The monoisotopic (exact) mass is 219 g/mol. The first-order valence-corrected chi connectivity index (χ1v) is 6.77. The number of unbranched alkanes of at least 4 members (excludes halogenated alkanes) is 7. The van der Waals surface area contributed by atoms with Gasteiger partial charge in [-0.1, -0.05) is 63.1 Å². The molecule has 91 valence electrons. The molecule has 0 unspecified atom stereocenters. The van der Waals surface area contributed by atoms with Gasteiger partial charge >= 0.3 is 0 Å². The van der Waals surface area contributed by atoms with Crippen molar-refractivity contribution in [1.29, 1.82) is 0 Å². The minimum atomic E-state index is 1.16. The molecule has 0 aromatic carbocycles. The average Bonchev–Trinajstić information content (AvgIpc) is 2.31. The van der Waals surface area contributed by atoms with Gasteiger partial charge in [-0.3, -0.25) is 0 Å². The Balaban J connectivity index is 3.08. The van der Waals surface area contributed by atoms with Gasteiger partial charge in [0.2, 0.25) is 0 Å². The third kappa shape index (κ3) is 13.2. The normalized spacial score (nSPS) is 11.6. The fourth-order valence-electron chi connectivity index (χ4n) is 1.62. The van der Waals surface area contributed by atoms with Crippen LogP contribution in [0.15, 0.2) is 30.4 Å². The van der Waals surface area contributed by atoms with E-state index in [9.17, 15) is 0 Å². The van der Waals surface area contributed by atoms with Crippen LogP contribution in [0, 0.1) is 6.58 Å².